The van der Waals surface area contributed by atoms with E-state index in [1.807, 2.05) is 0 Å². The molecule has 9 nitrogen and oxygen atoms in total. The third-order valence-corrected chi connectivity index (χ3v) is 7.18. The predicted octanol–water partition coefficient (Wildman–Crippen LogP) is 4.62. The number of thiazole rings is 1. The van der Waals surface area contributed by atoms with Crippen molar-refractivity contribution in [3.05, 3.63) is 118 Å². The number of carbonyl (C=O) groups excluding carboxylic acids is 1. The molecule has 11 heteroatoms. The minimum atomic E-state index is -0.748. The molecule has 192 valence electrons. The summed E-state index contributed by atoms with van der Waals surface area (Å²) in [5, 5.41) is 11.6. The summed E-state index contributed by atoms with van der Waals surface area (Å²) in [6, 6.07) is 15.6. The Morgan fingerprint density at radius 1 is 1.24 bits per heavy atom. The topological polar surface area (TPSA) is 117 Å². The van der Waals surface area contributed by atoms with E-state index in [4.69, 9.17) is 20.8 Å². The van der Waals surface area contributed by atoms with E-state index < -0.39 is 16.9 Å². The van der Waals surface area contributed by atoms with Gasteiger partial charge in [-0.05, 0) is 43.7 Å². The molecule has 0 aliphatic carbocycles. The number of ether oxygens (including phenoxy) is 1. The lowest BCUT2D eigenvalue weighted by molar-refractivity contribution is -0.384. The van der Waals surface area contributed by atoms with Crippen molar-refractivity contribution in [2.24, 2.45) is 4.99 Å². The highest BCUT2D eigenvalue weighted by atomic mass is 35.5. The number of allylic oxidation sites excluding steroid dienone is 1. The van der Waals surface area contributed by atoms with Crippen LogP contribution in [0.1, 0.15) is 31.2 Å². The number of nitro benzene ring substituents is 1. The lowest BCUT2D eigenvalue weighted by Crippen LogP contribution is -2.39. The van der Waals surface area contributed by atoms with Crippen LogP contribution in [-0.4, -0.2) is 22.1 Å². The summed E-state index contributed by atoms with van der Waals surface area (Å²) in [4.78, 5) is 42.2. The monoisotopic (exact) mass is 549 g/mol. The molecule has 0 bridgehead atoms. The molecular weight excluding hydrogens is 530 g/mol. The van der Waals surface area contributed by atoms with Crippen LogP contribution in [0.3, 0.4) is 0 Å². The maximum Gasteiger partial charge on any atom is 0.338 e. The van der Waals surface area contributed by atoms with E-state index in [0.29, 0.717) is 42.7 Å². The summed E-state index contributed by atoms with van der Waals surface area (Å²) in [5.41, 5.74) is 1.56. The quantitative estimate of drug-likeness (QED) is 0.197. The summed E-state index contributed by atoms with van der Waals surface area (Å²) >= 11 is 7.25. The van der Waals surface area contributed by atoms with Gasteiger partial charge >= 0.3 is 5.97 Å². The van der Waals surface area contributed by atoms with Crippen LogP contribution >= 0.6 is 22.9 Å². The Kier molecular flexibility index (Phi) is 6.83. The first-order chi connectivity index (χ1) is 18.3. The highest BCUT2D eigenvalue weighted by Gasteiger charge is 2.33. The van der Waals surface area contributed by atoms with Crippen molar-refractivity contribution in [2.75, 3.05) is 6.61 Å². The highest BCUT2D eigenvalue weighted by Crippen LogP contribution is 2.31. The molecule has 0 saturated carbocycles. The fourth-order valence-corrected chi connectivity index (χ4v) is 5.39. The van der Waals surface area contributed by atoms with E-state index in [9.17, 15) is 19.7 Å². The van der Waals surface area contributed by atoms with Gasteiger partial charge in [-0.1, -0.05) is 47.2 Å². The Morgan fingerprint density at radius 3 is 2.71 bits per heavy atom. The molecule has 0 radical (unpaired) electrons. The van der Waals surface area contributed by atoms with Crippen LogP contribution in [-0.2, 0) is 9.53 Å². The number of non-ortho nitro benzene ring substituents is 1. The molecule has 1 aliphatic rings. The average Bonchev–Trinajstić information content (AvgIpc) is 3.48. The van der Waals surface area contributed by atoms with E-state index >= 15 is 0 Å². The molecule has 2 aromatic carbocycles. The van der Waals surface area contributed by atoms with Crippen LogP contribution in [0.25, 0.3) is 17.4 Å². The first-order valence-electron chi connectivity index (χ1n) is 11.6. The third-order valence-electron chi connectivity index (χ3n) is 5.94. The number of hydrogen-bond donors (Lipinski definition) is 0. The van der Waals surface area contributed by atoms with Crippen molar-refractivity contribution < 1.29 is 18.9 Å². The molecule has 0 spiro atoms. The van der Waals surface area contributed by atoms with Gasteiger partial charge in [0.05, 0.1) is 33.4 Å². The Morgan fingerprint density at radius 2 is 2.00 bits per heavy atom. The van der Waals surface area contributed by atoms with Gasteiger partial charge in [0.15, 0.2) is 4.80 Å². The molecule has 5 rings (SSSR count). The van der Waals surface area contributed by atoms with Gasteiger partial charge in [0, 0.05) is 28.8 Å². The van der Waals surface area contributed by atoms with Crippen molar-refractivity contribution >= 4 is 40.7 Å². The second-order valence-corrected chi connectivity index (χ2v) is 9.81. The molecule has 1 aliphatic heterocycles. The van der Waals surface area contributed by atoms with Gasteiger partial charge in [-0.3, -0.25) is 19.5 Å². The second kappa shape index (κ2) is 10.2. The number of hydrogen-bond acceptors (Lipinski definition) is 8. The number of esters is 1. The van der Waals surface area contributed by atoms with E-state index in [1.165, 1.54) is 28.0 Å². The Balaban J connectivity index is 1.61. The normalized spacial score (nSPS) is 15.2. The number of benzene rings is 2. The van der Waals surface area contributed by atoms with Gasteiger partial charge in [0.25, 0.3) is 11.2 Å². The predicted molar refractivity (Wildman–Crippen MR) is 143 cm³/mol. The zero-order chi connectivity index (χ0) is 27.0. The number of rotatable bonds is 6. The van der Waals surface area contributed by atoms with Crippen LogP contribution in [0.4, 0.5) is 5.69 Å². The minimum Gasteiger partial charge on any atom is -0.463 e. The molecule has 4 aromatic rings. The van der Waals surface area contributed by atoms with Crippen LogP contribution in [0, 0.1) is 10.1 Å². The molecule has 0 unspecified atom stereocenters. The van der Waals surface area contributed by atoms with Crippen LogP contribution in [0.2, 0.25) is 5.02 Å². The zero-order valence-corrected chi connectivity index (χ0v) is 21.8. The molecule has 0 saturated heterocycles. The Labute approximate surface area is 224 Å². The number of furan rings is 1. The summed E-state index contributed by atoms with van der Waals surface area (Å²) in [5.74, 6) is 0.268. The lowest BCUT2D eigenvalue weighted by Gasteiger charge is -2.24. The SMILES string of the molecule is CCOC(=O)C1=C(C)N=c2s/c(=C/c3ccc(-c4cccc([N+](=O)[O-])c4)o3)c(=O)n2[C@@H]1c1ccc(Cl)cc1. The molecule has 0 amide bonds. The van der Waals surface area contributed by atoms with Crippen molar-refractivity contribution in [2.45, 2.75) is 19.9 Å². The Bertz CT molecular complexity index is 1780. The van der Waals surface area contributed by atoms with Gasteiger partial charge in [-0.15, -0.1) is 0 Å². The third kappa shape index (κ3) is 4.71. The van der Waals surface area contributed by atoms with E-state index in [0.717, 1.165) is 0 Å². The van der Waals surface area contributed by atoms with Gasteiger partial charge in [-0.2, -0.15) is 0 Å². The maximum absolute atomic E-state index is 13.7. The number of fused-ring (bicyclic) bond motifs is 1. The van der Waals surface area contributed by atoms with Crippen molar-refractivity contribution in [3.8, 4) is 11.3 Å². The molecule has 38 heavy (non-hydrogen) atoms. The molecule has 1 atom stereocenters. The fraction of sp³-hybridized carbons (Fsp3) is 0.148. The van der Waals surface area contributed by atoms with Crippen LogP contribution in [0.5, 0.6) is 0 Å². The van der Waals surface area contributed by atoms with Crippen molar-refractivity contribution in [3.63, 3.8) is 0 Å². The number of carbonyl (C=O) groups is 1. The van der Waals surface area contributed by atoms with Crippen molar-refractivity contribution in [1.29, 1.82) is 0 Å². The van der Waals surface area contributed by atoms with Crippen LogP contribution in [0.15, 0.2) is 86.1 Å². The Hall–Kier alpha value is -4.28. The first kappa shape index (κ1) is 25.4. The summed E-state index contributed by atoms with van der Waals surface area (Å²) in [6.45, 7) is 3.61. The molecule has 0 N–H and O–H groups in total. The second-order valence-electron chi connectivity index (χ2n) is 8.36. The lowest BCUT2D eigenvalue weighted by atomic mass is 9.96. The molecule has 2 aromatic heterocycles. The number of halogens is 1. The van der Waals surface area contributed by atoms with E-state index in [-0.39, 0.29) is 23.4 Å². The van der Waals surface area contributed by atoms with E-state index in [1.54, 1.807) is 68.5 Å². The minimum absolute atomic E-state index is 0.0521. The van der Waals surface area contributed by atoms with Crippen LogP contribution < -0.4 is 14.9 Å². The fourth-order valence-electron chi connectivity index (χ4n) is 4.24. The molecule has 0 fully saturated rings. The van der Waals surface area contributed by atoms with Gasteiger partial charge in [0.2, 0.25) is 0 Å². The standard InChI is InChI=1S/C27H20ClN3O6S/c1-3-36-26(33)23-15(2)29-27-30(24(23)16-7-9-18(28)10-8-16)25(32)22(38-27)14-20-11-12-21(37-20)17-5-4-6-19(13-17)31(34)35/h4-14,24H,3H2,1-2H3/b22-14+/t24-/m1/s1. The largest absolute Gasteiger partial charge is 0.463 e. The number of nitro groups is 1. The summed E-state index contributed by atoms with van der Waals surface area (Å²) in [7, 11) is 0. The first-order valence-corrected chi connectivity index (χ1v) is 12.8. The van der Waals surface area contributed by atoms with Gasteiger partial charge < -0.3 is 9.15 Å². The average molecular weight is 550 g/mol. The number of nitrogens with zero attached hydrogens (tertiary/aromatic N) is 3. The summed E-state index contributed by atoms with van der Waals surface area (Å²) < 4.78 is 13.0. The number of aromatic nitrogens is 1. The maximum atomic E-state index is 13.7. The van der Waals surface area contributed by atoms with Gasteiger partial charge in [-0.25, -0.2) is 9.79 Å². The van der Waals surface area contributed by atoms with Crippen molar-refractivity contribution in [1.82, 2.24) is 4.57 Å². The smallest absolute Gasteiger partial charge is 0.338 e. The van der Waals surface area contributed by atoms with E-state index in [2.05, 4.69) is 4.99 Å². The molecular formula is C27H20ClN3O6S. The molecule has 3 heterocycles. The zero-order valence-electron chi connectivity index (χ0n) is 20.2. The van der Waals surface area contributed by atoms with Gasteiger partial charge in [0.1, 0.15) is 11.5 Å². The summed E-state index contributed by atoms with van der Waals surface area (Å²) in [6.07, 6.45) is 1.59. The highest BCUT2D eigenvalue weighted by molar-refractivity contribution is 7.07.